The van der Waals surface area contributed by atoms with E-state index in [0.29, 0.717) is 29.6 Å². The average molecular weight is 466 g/mol. The van der Waals surface area contributed by atoms with Gasteiger partial charge in [-0.25, -0.2) is 0 Å². The zero-order valence-corrected chi connectivity index (χ0v) is 18.7. The van der Waals surface area contributed by atoms with Crippen LogP contribution < -0.4 is 14.3 Å². The molecule has 0 aliphatic heterocycles. The SMILES string of the molecule is CCOCCn1c(=NC(=O)c2cc(OC)c(OC)cc2[N+](=O)[O-])sc2cc(Cl)ccc21. The maximum absolute atomic E-state index is 13.0. The molecule has 1 heterocycles. The molecule has 0 atom stereocenters. The summed E-state index contributed by atoms with van der Waals surface area (Å²) in [6.45, 7) is 3.32. The molecule has 0 saturated carbocycles. The summed E-state index contributed by atoms with van der Waals surface area (Å²) in [5.74, 6) is -0.427. The van der Waals surface area contributed by atoms with Crippen LogP contribution in [0.15, 0.2) is 35.3 Å². The Balaban J connectivity index is 2.16. The Morgan fingerprint density at radius 2 is 1.94 bits per heavy atom. The topological polar surface area (TPSA) is 105 Å². The van der Waals surface area contributed by atoms with E-state index >= 15 is 0 Å². The Labute approximate surface area is 186 Å². The Morgan fingerprint density at radius 1 is 1.23 bits per heavy atom. The van der Waals surface area contributed by atoms with Crippen molar-refractivity contribution in [3.05, 3.63) is 55.8 Å². The highest BCUT2D eigenvalue weighted by Crippen LogP contribution is 2.34. The minimum Gasteiger partial charge on any atom is -0.493 e. The number of benzene rings is 2. The minimum atomic E-state index is -0.768. The Morgan fingerprint density at radius 3 is 2.58 bits per heavy atom. The fourth-order valence-electron chi connectivity index (χ4n) is 2.99. The third-order valence-electron chi connectivity index (χ3n) is 4.43. The average Bonchev–Trinajstić information content (AvgIpc) is 3.08. The van der Waals surface area contributed by atoms with Gasteiger partial charge >= 0.3 is 0 Å². The van der Waals surface area contributed by atoms with E-state index in [-0.39, 0.29) is 17.1 Å². The molecule has 0 fully saturated rings. The molecule has 0 aliphatic carbocycles. The van der Waals surface area contributed by atoms with Crippen molar-refractivity contribution in [2.75, 3.05) is 27.4 Å². The fourth-order valence-corrected chi connectivity index (χ4v) is 4.32. The van der Waals surface area contributed by atoms with Crippen LogP contribution in [0.1, 0.15) is 17.3 Å². The van der Waals surface area contributed by atoms with Crippen LogP contribution in [0.25, 0.3) is 10.2 Å². The number of ether oxygens (including phenoxy) is 3. The second-order valence-electron chi connectivity index (χ2n) is 6.24. The fraction of sp³-hybridized carbons (Fsp3) is 0.300. The van der Waals surface area contributed by atoms with E-state index in [9.17, 15) is 14.9 Å². The number of carbonyl (C=O) groups excluding carboxylic acids is 1. The molecule has 1 aromatic heterocycles. The van der Waals surface area contributed by atoms with Crippen LogP contribution in [0.3, 0.4) is 0 Å². The largest absolute Gasteiger partial charge is 0.493 e. The van der Waals surface area contributed by atoms with Gasteiger partial charge in [0, 0.05) is 24.2 Å². The second kappa shape index (κ2) is 9.90. The third-order valence-corrected chi connectivity index (χ3v) is 5.71. The smallest absolute Gasteiger partial charge is 0.286 e. The molecule has 3 rings (SSSR count). The maximum atomic E-state index is 13.0. The van der Waals surface area contributed by atoms with Crippen molar-refractivity contribution in [3.8, 4) is 11.5 Å². The van der Waals surface area contributed by atoms with Gasteiger partial charge in [0.05, 0.1) is 42.0 Å². The molecule has 0 radical (unpaired) electrons. The van der Waals surface area contributed by atoms with Gasteiger partial charge in [-0.1, -0.05) is 22.9 Å². The maximum Gasteiger partial charge on any atom is 0.286 e. The van der Waals surface area contributed by atoms with Crippen molar-refractivity contribution in [1.29, 1.82) is 0 Å². The van der Waals surface area contributed by atoms with Gasteiger partial charge in [0.15, 0.2) is 16.3 Å². The number of methoxy groups -OCH3 is 2. The highest BCUT2D eigenvalue weighted by Gasteiger charge is 2.24. The minimum absolute atomic E-state index is 0.147. The molecule has 0 saturated heterocycles. The second-order valence-corrected chi connectivity index (χ2v) is 7.69. The molecule has 0 N–H and O–H groups in total. The van der Waals surface area contributed by atoms with Crippen LogP contribution >= 0.6 is 22.9 Å². The summed E-state index contributed by atoms with van der Waals surface area (Å²) in [6.07, 6.45) is 0. The third kappa shape index (κ3) is 4.87. The first-order valence-corrected chi connectivity index (χ1v) is 10.4. The summed E-state index contributed by atoms with van der Waals surface area (Å²) >= 11 is 7.36. The highest BCUT2D eigenvalue weighted by atomic mass is 35.5. The first-order valence-electron chi connectivity index (χ1n) is 9.25. The lowest BCUT2D eigenvalue weighted by molar-refractivity contribution is -0.385. The molecule has 3 aromatic rings. The van der Waals surface area contributed by atoms with Gasteiger partial charge in [-0.3, -0.25) is 14.9 Å². The van der Waals surface area contributed by atoms with Gasteiger partial charge in [0.2, 0.25) is 0 Å². The van der Waals surface area contributed by atoms with E-state index in [0.717, 1.165) is 16.3 Å². The lowest BCUT2D eigenvalue weighted by Gasteiger charge is -2.09. The quantitative estimate of drug-likeness (QED) is 0.282. The molecule has 2 aromatic carbocycles. The predicted octanol–water partition coefficient (Wildman–Crippen LogP) is 4.06. The van der Waals surface area contributed by atoms with Crippen LogP contribution in [0, 0.1) is 10.1 Å². The van der Waals surface area contributed by atoms with Crippen molar-refractivity contribution in [1.82, 2.24) is 4.57 Å². The first kappa shape index (κ1) is 22.7. The first-order chi connectivity index (χ1) is 14.9. The van der Waals surface area contributed by atoms with E-state index in [2.05, 4.69) is 4.99 Å². The van der Waals surface area contributed by atoms with Gasteiger partial charge in [-0.05, 0) is 25.1 Å². The monoisotopic (exact) mass is 465 g/mol. The van der Waals surface area contributed by atoms with Gasteiger partial charge in [-0.15, -0.1) is 0 Å². The molecule has 0 unspecified atom stereocenters. The number of rotatable bonds is 8. The van der Waals surface area contributed by atoms with E-state index in [1.807, 2.05) is 17.6 Å². The number of amides is 1. The molecule has 164 valence electrons. The predicted molar refractivity (Wildman–Crippen MR) is 117 cm³/mol. The molecule has 0 bridgehead atoms. The number of fused-ring (bicyclic) bond motifs is 1. The molecular weight excluding hydrogens is 446 g/mol. The van der Waals surface area contributed by atoms with Crippen molar-refractivity contribution >= 4 is 44.7 Å². The molecule has 9 nitrogen and oxygen atoms in total. The van der Waals surface area contributed by atoms with Crippen LogP contribution in [0.2, 0.25) is 5.02 Å². The summed E-state index contributed by atoms with van der Waals surface area (Å²) in [4.78, 5) is 28.5. The van der Waals surface area contributed by atoms with Gasteiger partial charge in [-0.2, -0.15) is 4.99 Å². The number of hydrogen-bond donors (Lipinski definition) is 0. The highest BCUT2D eigenvalue weighted by molar-refractivity contribution is 7.16. The molecular formula is C20H20ClN3O6S. The van der Waals surface area contributed by atoms with Crippen molar-refractivity contribution in [3.63, 3.8) is 0 Å². The van der Waals surface area contributed by atoms with Crippen LogP contribution in [0.4, 0.5) is 5.69 Å². The molecule has 31 heavy (non-hydrogen) atoms. The Hall–Kier alpha value is -2.95. The molecule has 0 spiro atoms. The summed E-state index contributed by atoms with van der Waals surface area (Å²) in [5.41, 5.74) is 0.216. The number of nitro benzene ring substituents is 1. The summed E-state index contributed by atoms with van der Waals surface area (Å²) in [7, 11) is 2.74. The van der Waals surface area contributed by atoms with Gasteiger partial charge in [0.25, 0.3) is 11.6 Å². The van der Waals surface area contributed by atoms with Crippen LogP contribution in [0.5, 0.6) is 11.5 Å². The molecule has 1 amide bonds. The van der Waals surface area contributed by atoms with Crippen molar-refractivity contribution in [2.24, 2.45) is 4.99 Å². The number of halogens is 1. The van der Waals surface area contributed by atoms with E-state index in [4.69, 9.17) is 25.8 Å². The zero-order valence-electron chi connectivity index (χ0n) is 17.1. The lowest BCUT2D eigenvalue weighted by atomic mass is 10.1. The van der Waals surface area contributed by atoms with E-state index < -0.39 is 16.5 Å². The number of aromatic nitrogens is 1. The lowest BCUT2D eigenvalue weighted by Crippen LogP contribution is -2.20. The number of nitro groups is 1. The number of thiazole rings is 1. The summed E-state index contributed by atoms with van der Waals surface area (Å²) in [6, 6.07) is 7.77. The normalized spacial score (nSPS) is 11.7. The standard InChI is InChI=1S/C20H20ClN3O6S/c1-4-30-8-7-23-14-6-5-12(21)9-18(14)31-20(23)22-19(25)13-10-16(28-2)17(29-3)11-15(13)24(26)27/h5-6,9-11H,4,7-8H2,1-3H3. The number of hydrogen-bond acceptors (Lipinski definition) is 7. The van der Waals surface area contributed by atoms with Crippen molar-refractivity contribution in [2.45, 2.75) is 13.5 Å². The summed E-state index contributed by atoms with van der Waals surface area (Å²) in [5, 5.41) is 12.1. The van der Waals surface area contributed by atoms with E-state index in [1.165, 1.54) is 31.6 Å². The summed E-state index contributed by atoms with van der Waals surface area (Å²) < 4.78 is 18.4. The molecule has 11 heteroatoms. The van der Waals surface area contributed by atoms with Crippen LogP contribution in [-0.2, 0) is 11.3 Å². The van der Waals surface area contributed by atoms with Gasteiger partial charge in [0.1, 0.15) is 5.56 Å². The number of nitrogens with zero attached hydrogens (tertiary/aromatic N) is 3. The number of carbonyl (C=O) groups is 1. The van der Waals surface area contributed by atoms with E-state index in [1.54, 1.807) is 12.1 Å². The van der Waals surface area contributed by atoms with Gasteiger partial charge < -0.3 is 18.8 Å². The molecule has 0 aliphatic rings. The Bertz CT molecular complexity index is 1200. The van der Waals surface area contributed by atoms with Crippen LogP contribution in [-0.4, -0.2) is 42.8 Å². The zero-order chi connectivity index (χ0) is 22.5. The van der Waals surface area contributed by atoms with Crippen molar-refractivity contribution < 1.29 is 23.9 Å². The Kier molecular flexibility index (Phi) is 7.26.